The van der Waals surface area contributed by atoms with Crippen molar-refractivity contribution < 1.29 is 5.11 Å². The van der Waals surface area contributed by atoms with Crippen molar-refractivity contribution in [2.45, 2.75) is 71.6 Å². The molecule has 0 fully saturated rings. The number of hydrogen-bond acceptors (Lipinski definition) is 1. The van der Waals surface area contributed by atoms with Gasteiger partial charge in [0.15, 0.2) is 0 Å². The molecule has 1 heteroatoms. The summed E-state index contributed by atoms with van der Waals surface area (Å²) in [4.78, 5) is 0. The lowest BCUT2D eigenvalue weighted by Crippen LogP contribution is -2.01. The summed E-state index contributed by atoms with van der Waals surface area (Å²) in [7, 11) is 0. The number of unbranched alkanes of at least 4 members (excludes halogenated alkanes) is 2. The van der Waals surface area contributed by atoms with Crippen molar-refractivity contribution in [3.8, 4) is 5.75 Å². The fourth-order valence-corrected chi connectivity index (χ4v) is 2.68. The van der Waals surface area contributed by atoms with Crippen molar-refractivity contribution in [1.82, 2.24) is 0 Å². The number of aryl methyl sites for hydroxylation is 1. The molecule has 1 N–H and O–H groups in total. The number of hydrogen-bond donors (Lipinski definition) is 1. The van der Waals surface area contributed by atoms with Gasteiger partial charge in [0.25, 0.3) is 0 Å². The van der Waals surface area contributed by atoms with Crippen LogP contribution in [-0.2, 0) is 6.42 Å². The third-order valence-electron chi connectivity index (χ3n) is 3.95. The molecule has 0 bridgehead atoms. The summed E-state index contributed by atoms with van der Waals surface area (Å²) in [5.74, 6) is 1.30. The van der Waals surface area contributed by atoms with Gasteiger partial charge in [0.1, 0.15) is 5.75 Å². The molecular weight excluding hydrogens is 232 g/mol. The molecule has 0 aliphatic heterocycles. The fraction of sp³-hybridized carbons (Fsp3) is 0.667. The van der Waals surface area contributed by atoms with Gasteiger partial charge in [-0.3, -0.25) is 0 Å². The van der Waals surface area contributed by atoms with E-state index >= 15 is 0 Å². The van der Waals surface area contributed by atoms with Gasteiger partial charge in [-0.25, -0.2) is 0 Å². The zero-order valence-electron chi connectivity index (χ0n) is 12.7. The van der Waals surface area contributed by atoms with E-state index < -0.39 is 0 Å². The lowest BCUT2D eigenvalue weighted by Gasteiger charge is -2.16. The van der Waals surface area contributed by atoms with Crippen LogP contribution in [0.3, 0.4) is 0 Å². The first-order valence-corrected chi connectivity index (χ1v) is 8.04. The van der Waals surface area contributed by atoms with Crippen LogP contribution in [0.5, 0.6) is 5.75 Å². The zero-order chi connectivity index (χ0) is 13.9. The molecule has 0 aliphatic rings. The van der Waals surface area contributed by atoms with Gasteiger partial charge >= 0.3 is 0 Å². The van der Waals surface area contributed by atoms with Crippen LogP contribution in [0.15, 0.2) is 24.3 Å². The summed E-state index contributed by atoms with van der Waals surface area (Å²) >= 11 is 0. The SMILES string of the molecule is CCCCC(CCCC)CCCc1ccc(O)cc1. The molecule has 0 saturated carbocycles. The molecule has 1 aromatic carbocycles. The molecular formula is C18H30O. The van der Waals surface area contributed by atoms with Crippen LogP contribution in [0, 0.1) is 5.92 Å². The van der Waals surface area contributed by atoms with Crippen LogP contribution in [-0.4, -0.2) is 5.11 Å². The number of phenols is 1. The highest BCUT2D eigenvalue weighted by Gasteiger charge is 2.07. The van der Waals surface area contributed by atoms with Crippen molar-refractivity contribution in [2.24, 2.45) is 5.92 Å². The van der Waals surface area contributed by atoms with Gasteiger partial charge in [0, 0.05) is 0 Å². The Morgan fingerprint density at radius 2 is 1.37 bits per heavy atom. The van der Waals surface area contributed by atoms with E-state index in [1.807, 2.05) is 12.1 Å². The molecule has 1 rings (SSSR count). The summed E-state index contributed by atoms with van der Waals surface area (Å²) in [6.07, 6.45) is 12.0. The van der Waals surface area contributed by atoms with E-state index in [0.717, 1.165) is 12.3 Å². The number of aromatic hydroxyl groups is 1. The molecule has 0 saturated heterocycles. The Morgan fingerprint density at radius 1 is 0.842 bits per heavy atom. The third-order valence-corrected chi connectivity index (χ3v) is 3.95. The maximum atomic E-state index is 9.26. The Balaban J connectivity index is 2.27. The molecule has 0 radical (unpaired) electrons. The smallest absolute Gasteiger partial charge is 0.115 e. The van der Waals surface area contributed by atoms with Crippen molar-refractivity contribution >= 4 is 0 Å². The standard InChI is InChI=1S/C18H30O/c1-3-5-8-16(9-6-4-2)10-7-11-17-12-14-18(19)15-13-17/h12-16,19H,3-11H2,1-2H3. The van der Waals surface area contributed by atoms with Gasteiger partial charge < -0.3 is 5.11 Å². The minimum atomic E-state index is 0.368. The molecule has 108 valence electrons. The quantitative estimate of drug-likeness (QED) is 0.572. The second-order valence-electron chi connectivity index (χ2n) is 5.71. The number of rotatable bonds is 10. The monoisotopic (exact) mass is 262 g/mol. The predicted octanol–water partition coefficient (Wildman–Crippen LogP) is 5.71. The van der Waals surface area contributed by atoms with E-state index in [0.29, 0.717) is 5.75 Å². The van der Waals surface area contributed by atoms with E-state index in [4.69, 9.17) is 0 Å². The first-order chi connectivity index (χ1) is 9.26. The molecule has 0 unspecified atom stereocenters. The Labute approximate surface area is 119 Å². The average molecular weight is 262 g/mol. The van der Waals surface area contributed by atoms with Gasteiger partial charge in [0.2, 0.25) is 0 Å². The lowest BCUT2D eigenvalue weighted by atomic mass is 9.90. The van der Waals surface area contributed by atoms with Crippen molar-refractivity contribution in [1.29, 1.82) is 0 Å². The fourth-order valence-electron chi connectivity index (χ4n) is 2.68. The molecule has 0 aromatic heterocycles. The molecule has 0 aliphatic carbocycles. The van der Waals surface area contributed by atoms with Gasteiger partial charge in [-0.2, -0.15) is 0 Å². The van der Waals surface area contributed by atoms with Crippen molar-refractivity contribution in [2.75, 3.05) is 0 Å². The Kier molecular flexibility index (Phi) is 8.36. The summed E-state index contributed by atoms with van der Waals surface area (Å²) in [6, 6.07) is 7.67. The van der Waals surface area contributed by atoms with Crippen LogP contribution in [0.2, 0.25) is 0 Å². The topological polar surface area (TPSA) is 20.2 Å². The minimum absolute atomic E-state index is 0.368. The Bertz CT molecular complexity index is 307. The van der Waals surface area contributed by atoms with Crippen LogP contribution >= 0.6 is 0 Å². The first kappa shape index (κ1) is 16.1. The van der Waals surface area contributed by atoms with Gasteiger partial charge in [0.05, 0.1) is 0 Å². The van der Waals surface area contributed by atoms with Crippen molar-refractivity contribution in [3.63, 3.8) is 0 Å². The van der Waals surface area contributed by atoms with E-state index in [1.54, 1.807) is 12.1 Å². The van der Waals surface area contributed by atoms with Gasteiger partial charge in [-0.15, -0.1) is 0 Å². The van der Waals surface area contributed by atoms with Crippen molar-refractivity contribution in [3.05, 3.63) is 29.8 Å². The minimum Gasteiger partial charge on any atom is -0.508 e. The molecule has 0 spiro atoms. The summed E-state index contributed by atoms with van der Waals surface area (Å²) in [5.41, 5.74) is 1.35. The third kappa shape index (κ3) is 7.25. The van der Waals surface area contributed by atoms with Crippen LogP contribution in [0.4, 0.5) is 0 Å². The molecule has 1 aromatic rings. The highest BCUT2D eigenvalue weighted by atomic mass is 16.3. The largest absolute Gasteiger partial charge is 0.508 e. The maximum Gasteiger partial charge on any atom is 0.115 e. The number of benzene rings is 1. The van der Waals surface area contributed by atoms with E-state index in [1.165, 1.54) is 56.9 Å². The average Bonchev–Trinajstić information content (AvgIpc) is 2.43. The zero-order valence-corrected chi connectivity index (χ0v) is 12.7. The van der Waals surface area contributed by atoms with E-state index in [9.17, 15) is 5.11 Å². The van der Waals surface area contributed by atoms with Gasteiger partial charge in [-0.05, 0) is 36.5 Å². The summed E-state index contributed by atoms with van der Waals surface area (Å²) in [5, 5.41) is 9.26. The van der Waals surface area contributed by atoms with Crippen LogP contribution < -0.4 is 0 Å². The second-order valence-corrected chi connectivity index (χ2v) is 5.71. The molecule has 0 atom stereocenters. The van der Waals surface area contributed by atoms with E-state index in [2.05, 4.69) is 13.8 Å². The highest BCUT2D eigenvalue weighted by Crippen LogP contribution is 2.22. The van der Waals surface area contributed by atoms with E-state index in [-0.39, 0.29) is 0 Å². The molecule has 0 amide bonds. The Hall–Kier alpha value is -0.980. The highest BCUT2D eigenvalue weighted by molar-refractivity contribution is 5.25. The maximum absolute atomic E-state index is 9.26. The second kappa shape index (κ2) is 9.89. The first-order valence-electron chi connectivity index (χ1n) is 8.04. The summed E-state index contributed by atoms with van der Waals surface area (Å²) in [6.45, 7) is 4.57. The van der Waals surface area contributed by atoms with Crippen LogP contribution in [0.25, 0.3) is 0 Å². The molecule has 19 heavy (non-hydrogen) atoms. The molecule has 1 nitrogen and oxygen atoms in total. The summed E-state index contributed by atoms with van der Waals surface area (Å²) < 4.78 is 0. The number of phenolic OH excluding ortho intramolecular Hbond substituents is 1. The molecule has 0 heterocycles. The lowest BCUT2D eigenvalue weighted by molar-refractivity contribution is 0.384. The predicted molar refractivity (Wildman–Crippen MR) is 83.6 cm³/mol. The normalized spacial score (nSPS) is 11.1. The Morgan fingerprint density at radius 3 is 1.89 bits per heavy atom. The van der Waals surface area contributed by atoms with Gasteiger partial charge in [-0.1, -0.05) is 70.9 Å². The van der Waals surface area contributed by atoms with Crippen LogP contribution in [0.1, 0.15) is 70.8 Å².